The lowest BCUT2D eigenvalue weighted by Crippen LogP contribution is -2.41. The van der Waals surface area contributed by atoms with Gasteiger partial charge in [-0.15, -0.1) is 0 Å². The van der Waals surface area contributed by atoms with Crippen LogP contribution in [-0.2, 0) is 20.2 Å². The van der Waals surface area contributed by atoms with Crippen LogP contribution in [0.2, 0.25) is 0 Å². The molecule has 0 spiro atoms. The number of carbonyl (C=O) groups is 1. The molecule has 1 atom stereocenters. The fourth-order valence-electron chi connectivity index (χ4n) is 3.15. The summed E-state index contributed by atoms with van der Waals surface area (Å²) in [6, 6.07) is 12.5. The molecule has 0 radical (unpaired) electrons. The highest BCUT2D eigenvalue weighted by Gasteiger charge is 2.23. The van der Waals surface area contributed by atoms with Gasteiger partial charge in [0.2, 0.25) is 15.9 Å². The van der Waals surface area contributed by atoms with Crippen molar-refractivity contribution in [3.63, 3.8) is 0 Å². The number of nitrogens with zero attached hydrogens (tertiary/aromatic N) is 1. The van der Waals surface area contributed by atoms with Crippen LogP contribution in [0, 0.1) is 0 Å². The van der Waals surface area contributed by atoms with E-state index in [1.54, 1.807) is 12.1 Å². The molecule has 0 aliphatic rings. The number of hydrogen-bond acceptors (Lipinski definition) is 5. The number of methoxy groups -OCH3 is 2. The number of ether oxygens (including phenoxy) is 2. The molecule has 1 N–H and O–H groups in total. The second-order valence-electron chi connectivity index (χ2n) is 8.47. The number of rotatable bonds is 8. The molecule has 0 bridgehead atoms. The highest BCUT2D eigenvalue weighted by molar-refractivity contribution is 7.92. The monoisotopic (exact) mass is 448 g/mol. The summed E-state index contributed by atoms with van der Waals surface area (Å²) in [4.78, 5) is 12.7. The van der Waals surface area contributed by atoms with Crippen LogP contribution in [0.25, 0.3) is 0 Å². The van der Waals surface area contributed by atoms with E-state index in [2.05, 4.69) is 26.1 Å². The first-order valence-electron chi connectivity index (χ1n) is 9.96. The molecule has 0 heterocycles. The van der Waals surface area contributed by atoms with Gasteiger partial charge in [-0.25, -0.2) is 8.42 Å². The van der Waals surface area contributed by atoms with E-state index in [9.17, 15) is 13.2 Å². The molecule has 0 fully saturated rings. The van der Waals surface area contributed by atoms with Crippen molar-refractivity contribution in [1.29, 1.82) is 0 Å². The molecule has 170 valence electrons. The van der Waals surface area contributed by atoms with Crippen molar-refractivity contribution in [2.75, 3.05) is 31.3 Å². The van der Waals surface area contributed by atoms with Crippen LogP contribution < -0.4 is 19.1 Å². The van der Waals surface area contributed by atoms with Crippen LogP contribution in [0.15, 0.2) is 42.5 Å². The van der Waals surface area contributed by atoms with Gasteiger partial charge in [0.1, 0.15) is 6.54 Å². The van der Waals surface area contributed by atoms with E-state index in [1.807, 2.05) is 31.2 Å². The molecule has 7 nitrogen and oxygen atoms in total. The summed E-state index contributed by atoms with van der Waals surface area (Å²) in [5.74, 6) is 0.436. The Morgan fingerprint density at radius 3 is 2.10 bits per heavy atom. The molecule has 2 rings (SSSR count). The third kappa shape index (κ3) is 6.37. The van der Waals surface area contributed by atoms with Gasteiger partial charge in [0.05, 0.1) is 32.2 Å². The molecule has 0 aliphatic carbocycles. The minimum Gasteiger partial charge on any atom is -0.493 e. The smallest absolute Gasteiger partial charge is 0.241 e. The van der Waals surface area contributed by atoms with Crippen LogP contribution in [-0.4, -0.2) is 41.3 Å². The Morgan fingerprint density at radius 1 is 1.03 bits per heavy atom. The topological polar surface area (TPSA) is 84.9 Å². The molecule has 31 heavy (non-hydrogen) atoms. The summed E-state index contributed by atoms with van der Waals surface area (Å²) >= 11 is 0. The lowest BCUT2D eigenvalue weighted by atomic mass is 9.86. The van der Waals surface area contributed by atoms with Gasteiger partial charge >= 0.3 is 0 Å². The van der Waals surface area contributed by atoms with Gasteiger partial charge in [0, 0.05) is 6.07 Å². The van der Waals surface area contributed by atoms with E-state index in [4.69, 9.17) is 9.47 Å². The largest absolute Gasteiger partial charge is 0.493 e. The summed E-state index contributed by atoms with van der Waals surface area (Å²) in [5.41, 5.74) is 2.50. The normalized spacial score (nSPS) is 12.7. The Labute approximate surface area is 185 Å². The molecule has 1 amide bonds. The molecule has 2 aromatic rings. The predicted molar refractivity (Wildman–Crippen MR) is 123 cm³/mol. The zero-order valence-electron chi connectivity index (χ0n) is 19.2. The highest BCUT2D eigenvalue weighted by Crippen LogP contribution is 2.32. The number of benzene rings is 2. The summed E-state index contributed by atoms with van der Waals surface area (Å²) in [6.45, 7) is 7.94. The van der Waals surface area contributed by atoms with Crippen molar-refractivity contribution < 1.29 is 22.7 Å². The molecule has 0 saturated heterocycles. The van der Waals surface area contributed by atoms with E-state index in [0.29, 0.717) is 17.2 Å². The third-order valence-corrected chi connectivity index (χ3v) is 6.14. The number of anilines is 1. The molecule has 0 aromatic heterocycles. The SMILES string of the molecule is COc1ccc(N(CC(=O)N[C@@H](C)c2ccc(C(C)(C)C)cc2)S(C)(=O)=O)cc1OC. The lowest BCUT2D eigenvalue weighted by Gasteiger charge is -2.24. The number of carbonyl (C=O) groups excluding carboxylic acids is 1. The predicted octanol–water partition coefficient (Wildman–Crippen LogP) is 3.64. The van der Waals surface area contributed by atoms with Gasteiger partial charge in [-0.2, -0.15) is 0 Å². The molecular formula is C23H32N2O5S. The van der Waals surface area contributed by atoms with Gasteiger partial charge in [0.25, 0.3) is 0 Å². The second-order valence-corrected chi connectivity index (χ2v) is 10.4. The van der Waals surface area contributed by atoms with Crippen molar-refractivity contribution in [1.82, 2.24) is 5.32 Å². The van der Waals surface area contributed by atoms with E-state index in [1.165, 1.54) is 25.8 Å². The molecule has 0 unspecified atom stereocenters. The molecular weight excluding hydrogens is 416 g/mol. The molecule has 0 aliphatic heterocycles. The molecule has 8 heteroatoms. The van der Waals surface area contributed by atoms with Gasteiger partial charge in [-0.3, -0.25) is 9.10 Å². The van der Waals surface area contributed by atoms with Gasteiger partial charge in [-0.1, -0.05) is 45.0 Å². The number of sulfonamides is 1. The first kappa shape index (κ1) is 24.5. The van der Waals surface area contributed by atoms with Gasteiger partial charge < -0.3 is 14.8 Å². The van der Waals surface area contributed by atoms with Crippen LogP contribution in [0.4, 0.5) is 5.69 Å². The van der Waals surface area contributed by atoms with E-state index in [-0.39, 0.29) is 18.0 Å². The quantitative estimate of drug-likeness (QED) is 0.666. The first-order chi connectivity index (χ1) is 14.4. The zero-order chi connectivity index (χ0) is 23.4. The number of nitrogens with one attached hydrogen (secondary N) is 1. The average Bonchev–Trinajstić information content (AvgIpc) is 2.70. The van der Waals surface area contributed by atoms with Gasteiger partial charge in [0.15, 0.2) is 11.5 Å². The first-order valence-corrected chi connectivity index (χ1v) is 11.8. The van der Waals surface area contributed by atoms with Crippen molar-refractivity contribution in [2.45, 2.75) is 39.2 Å². The summed E-state index contributed by atoms with van der Waals surface area (Å²) in [7, 11) is -0.745. The van der Waals surface area contributed by atoms with Crippen molar-refractivity contribution in [3.05, 3.63) is 53.6 Å². The Morgan fingerprint density at radius 2 is 1.61 bits per heavy atom. The Bertz CT molecular complexity index is 1010. The summed E-state index contributed by atoms with van der Waals surface area (Å²) in [6.07, 6.45) is 1.06. The Balaban J connectivity index is 2.18. The van der Waals surface area contributed by atoms with Crippen molar-refractivity contribution >= 4 is 21.6 Å². The summed E-state index contributed by atoms with van der Waals surface area (Å²) in [5, 5.41) is 2.88. The molecule has 2 aromatic carbocycles. The maximum Gasteiger partial charge on any atom is 0.241 e. The van der Waals surface area contributed by atoms with Crippen LogP contribution in [0.5, 0.6) is 11.5 Å². The van der Waals surface area contributed by atoms with Crippen molar-refractivity contribution in [2.24, 2.45) is 0 Å². The maximum atomic E-state index is 12.7. The number of hydrogen-bond donors (Lipinski definition) is 1. The maximum absolute atomic E-state index is 12.7. The van der Waals surface area contributed by atoms with Crippen LogP contribution in [0.1, 0.15) is 44.9 Å². The Kier molecular flexibility index (Phi) is 7.59. The fraction of sp³-hybridized carbons (Fsp3) is 0.435. The van der Waals surface area contributed by atoms with Crippen molar-refractivity contribution in [3.8, 4) is 11.5 Å². The van der Waals surface area contributed by atoms with Crippen LogP contribution >= 0.6 is 0 Å². The van der Waals surface area contributed by atoms with Gasteiger partial charge in [-0.05, 0) is 35.6 Å². The average molecular weight is 449 g/mol. The van der Waals surface area contributed by atoms with E-state index in [0.717, 1.165) is 16.1 Å². The summed E-state index contributed by atoms with van der Waals surface area (Å²) < 4.78 is 36.3. The minimum absolute atomic E-state index is 0.0421. The van der Waals surface area contributed by atoms with E-state index < -0.39 is 15.9 Å². The highest BCUT2D eigenvalue weighted by atomic mass is 32.2. The minimum atomic E-state index is -3.70. The van der Waals surface area contributed by atoms with Crippen LogP contribution in [0.3, 0.4) is 0 Å². The standard InChI is InChI=1S/C23H32N2O5S/c1-16(17-8-10-18(11-9-17)23(2,3)4)24-22(26)15-25(31(7,27)28)19-12-13-20(29-5)21(14-19)30-6/h8-14,16H,15H2,1-7H3,(H,24,26)/t16-/m0/s1. The molecule has 0 saturated carbocycles. The second kappa shape index (κ2) is 9.60. The lowest BCUT2D eigenvalue weighted by molar-refractivity contribution is -0.120. The zero-order valence-corrected chi connectivity index (χ0v) is 20.0. The Hall–Kier alpha value is -2.74. The van der Waals surface area contributed by atoms with E-state index >= 15 is 0 Å². The third-order valence-electron chi connectivity index (χ3n) is 5.00. The fourth-order valence-corrected chi connectivity index (χ4v) is 4.00. The number of amides is 1.